The third kappa shape index (κ3) is 3.10. The molecule has 1 saturated heterocycles. The van der Waals surface area contributed by atoms with Gasteiger partial charge < -0.3 is 14.4 Å². The quantitative estimate of drug-likeness (QED) is 0.851. The fourth-order valence-electron chi connectivity index (χ4n) is 4.68. The maximum Gasteiger partial charge on any atom is 0.246 e. The smallest absolute Gasteiger partial charge is 0.246 e. The van der Waals surface area contributed by atoms with Gasteiger partial charge in [-0.25, -0.2) is 0 Å². The van der Waals surface area contributed by atoms with E-state index in [1.165, 1.54) is 0 Å². The fraction of sp³-hybridized carbons (Fsp3) is 0.409. The Morgan fingerprint density at radius 1 is 1.15 bits per heavy atom. The van der Waals surface area contributed by atoms with Gasteiger partial charge in [0.25, 0.3) is 0 Å². The Kier molecular flexibility index (Phi) is 4.68. The molecule has 1 aliphatic heterocycles. The van der Waals surface area contributed by atoms with Gasteiger partial charge in [0.2, 0.25) is 5.91 Å². The average molecular weight is 351 g/mol. The van der Waals surface area contributed by atoms with Crippen molar-refractivity contribution in [2.24, 2.45) is 5.92 Å². The van der Waals surface area contributed by atoms with Crippen molar-refractivity contribution in [3.8, 4) is 0 Å². The maximum atomic E-state index is 12.8. The number of benzene rings is 1. The summed E-state index contributed by atoms with van der Waals surface area (Å²) in [4.78, 5) is 14.8. The van der Waals surface area contributed by atoms with Crippen LogP contribution >= 0.6 is 0 Å². The van der Waals surface area contributed by atoms with Crippen molar-refractivity contribution in [3.63, 3.8) is 0 Å². The number of rotatable bonds is 3. The number of carbonyl (C=O) groups excluding carboxylic acids is 1. The SMILES string of the molecule is O=C(/C=C/c1ccco1)N1CC[C@@](O)(c2ccccc2)[C@@H]2CCCCC21. The van der Waals surface area contributed by atoms with Crippen LogP contribution in [0.5, 0.6) is 0 Å². The van der Waals surface area contributed by atoms with Crippen LogP contribution < -0.4 is 0 Å². The number of likely N-dealkylation sites (tertiary alicyclic amines) is 1. The number of furan rings is 1. The molecule has 1 N–H and O–H groups in total. The van der Waals surface area contributed by atoms with Crippen LogP contribution in [0.3, 0.4) is 0 Å². The van der Waals surface area contributed by atoms with E-state index in [1.54, 1.807) is 18.4 Å². The molecule has 2 heterocycles. The van der Waals surface area contributed by atoms with Crippen molar-refractivity contribution in [2.75, 3.05) is 6.54 Å². The van der Waals surface area contributed by atoms with E-state index in [4.69, 9.17) is 4.42 Å². The van der Waals surface area contributed by atoms with Gasteiger partial charge in [-0.2, -0.15) is 0 Å². The van der Waals surface area contributed by atoms with E-state index < -0.39 is 5.60 Å². The van der Waals surface area contributed by atoms with Gasteiger partial charge in [0.1, 0.15) is 5.76 Å². The Labute approximate surface area is 154 Å². The lowest BCUT2D eigenvalue weighted by Crippen LogP contribution is -2.58. The van der Waals surface area contributed by atoms with E-state index in [-0.39, 0.29) is 17.9 Å². The van der Waals surface area contributed by atoms with Crippen LogP contribution in [-0.2, 0) is 10.4 Å². The number of aliphatic hydroxyl groups is 1. The minimum absolute atomic E-state index is 0.00779. The Balaban J connectivity index is 1.57. The third-order valence-electron chi connectivity index (χ3n) is 5.97. The Morgan fingerprint density at radius 2 is 1.96 bits per heavy atom. The van der Waals surface area contributed by atoms with Crippen LogP contribution in [0.2, 0.25) is 0 Å². The summed E-state index contributed by atoms with van der Waals surface area (Å²) in [6, 6.07) is 13.7. The molecule has 0 spiro atoms. The molecule has 1 aromatic heterocycles. The second-order valence-corrected chi connectivity index (χ2v) is 7.38. The first-order valence-electron chi connectivity index (χ1n) is 9.48. The van der Waals surface area contributed by atoms with Crippen molar-refractivity contribution < 1.29 is 14.3 Å². The number of piperidine rings is 1. The molecule has 2 aromatic rings. The number of carbonyl (C=O) groups is 1. The van der Waals surface area contributed by atoms with Gasteiger partial charge in [-0.1, -0.05) is 43.2 Å². The van der Waals surface area contributed by atoms with Gasteiger partial charge >= 0.3 is 0 Å². The van der Waals surface area contributed by atoms with Gasteiger partial charge in [0.05, 0.1) is 11.9 Å². The topological polar surface area (TPSA) is 53.7 Å². The van der Waals surface area contributed by atoms with E-state index >= 15 is 0 Å². The van der Waals surface area contributed by atoms with Crippen molar-refractivity contribution in [2.45, 2.75) is 43.7 Å². The monoisotopic (exact) mass is 351 g/mol. The van der Waals surface area contributed by atoms with E-state index in [2.05, 4.69) is 0 Å². The van der Waals surface area contributed by atoms with Gasteiger partial charge in [-0.15, -0.1) is 0 Å². The van der Waals surface area contributed by atoms with Crippen molar-refractivity contribution in [1.29, 1.82) is 0 Å². The highest BCUT2D eigenvalue weighted by Crippen LogP contribution is 2.46. The van der Waals surface area contributed by atoms with Gasteiger partial charge in [-0.3, -0.25) is 4.79 Å². The summed E-state index contributed by atoms with van der Waals surface area (Å²) < 4.78 is 5.27. The minimum atomic E-state index is -0.839. The summed E-state index contributed by atoms with van der Waals surface area (Å²) in [6.07, 6.45) is 9.64. The first-order valence-corrected chi connectivity index (χ1v) is 9.48. The van der Waals surface area contributed by atoms with Crippen molar-refractivity contribution >= 4 is 12.0 Å². The summed E-state index contributed by atoms with van der Waals surface area (Å²) in [5.74, 6) is 0.776. The summed E-state index contributed by atoms with van der Waals surface area (Å²) in [5.41, 5.74) is 0.142. The van der Waals surface area contributed by atoms with E-state index in [1.807, 2.05) is 47.4 Å². The zero-order valence-electron chi connectivity index (χ0n) is 14.9. The maximum absolute atomic E-state index is 12.8. The normalized spacial score (nSPS) is 28.9. The molecule has 1 amide bonds. The molecule has 2 fully saturated rings. The molecule has 4 rings (SSSR count). The number of fused-ring (bicyclic) bond motifs is 1. The van der Waals surface area contributed by atoms with Gasteiger partial charge in [0.15, 0.2) is 0 Å². The van der Waals surface area contributed by atoms with Gasteiger partial charge in [0, 0.05) is 24.6 Å². The van der Waals surface area contributed by atoms with Crippen molar-refractivity contribution in [3.05, 3.63) is 66.1 Å². The van der Waals surface area contributed by atoms with Crippen LogP contribution in [0, 0.1) is 5.92 Å². The molecular weight excluding hydrogens is 326 g/mol. The predicted octanol–water partition coefficient (Wildman–Crippen LogP) is 3.97. The van der Waals surface area contributed by atoms with Gasteiger partial charge in [-0.05, 0) is 43.0 Å². The summed E-state index contributed by atoms with van der Waals surface area (Å²) in [6.45, 7) is 0.577. The number of hydrogen-bond acceptors (Lipinski definition) is 3. The highest BCUT2D eigenvalue weighted by Gasteiger charge is 2.49. The molecule has 4 nitrogen and oxygen atoms in total. The number of nitrogens with zero attached hydrogens (tertiary/aromatic N) is 1. The lowest BCUT2D eigenvalue weighted by atomic mass is 9.66. The lowest BCUT2D eigenvalue weighted by molar-refractivity contribution is -0.150. The second-order valence-electron chi connectivity index (χ2n) is 7.38. The van der Waals surface area contributed by atoms with E-state index in [0.29, 0.717) is 18.7 Å². The summed E-state index contributed by atoms with van der Waals surface area (Å²) >= 11 is 0. The number of amides is 1. The molecule has 1 aliphatic carbocycles. The molecule has 1 unspecified atom stereocenters. The third-order valence-corrected chi connectivity index (χ3v) is 5.97. The fourth-order valence-corrected chi connectivity index (χ4v) is 4.68. The lowest BCUT2D eigenvalue weighted by Gasteiger charge is -2.52. The van der Waals surface area contributed by atoms with Crippen LogP contribution in [0.1, 0.15) is 43.4 Å². The molecule has 26 heavy (non-hydrogen) atoms. The Hall–Kier alpha value is -2.33. The summed E-state index contributed by atoms with van der Waals surface area (Å²) in [7, 11) is 0. The second kappa shape index (κ2) is 7.12. The highest BCUT2D eigenvalue weighted by atomic mass is 16.3. The molecular formula is C22H25NO3. The largest absolute Gasteiger partial charge is 0.465 e. The Bertz CT molecular complexity index is 768. The molecule has 0 radical (unpaired) electrons. The standard InChI is InChI=1S/C22H25NO3/c24-21(13-12-18-9-6-16-26-18)23-15-14-22(25,17-7-2-1-3-8-17)19-10-4-5-11-20(19)23/h1-3,6-9,12-13,16,19-20,25H,4-5,10-11,14-15H2/b13-12+/t19-,20?,22-/m1/s1. The highest BCUT2D eigenvalue weighted by molar-refractivity contribution is 5.91. The van der Waals surface area contributed by atoms with Crippen LogP contribution in [0.4, 0.5) is 0 Å². The van der Waals surface area contributed by atoms with E-state index in [9.17, 15) is 9.90 Å². The molecule has 3 atom stereocenters. The van der Waals surface area contributed by atoms with Crippen LogP contribution in [0.25, 0.3) is 6.08 Å². The first kappa shape index (κ1) is 17.1. The Morgan fingerprint density at radius 3 is 2.73 bits per heavy atom. The molecule has 0 bridgehead atoms. The molecule has 4 heteroatoms. The van der Waals surface area contributed by atoms with Crippen molar-refractivity contribution in [1.82, 2.24) is 4.90 Å². The first-order chi connectivity index (χ1) is 12.7. The minimum Gasteiger partial charge on any atom is -0.465 e. The molecule has 1 saturated carbocycles. The van der Waals surface area contributed by atoms with Crippen LogP contribution in [0.15, 0.2) is 59.2 Å². The van der Waals surface area contributed by atoms with E-state index in [0.717, 1.165) is 31.2 Å². The zero-order valence-corrected chi connectivity index (χ0v) is 14.9. The summed E-state index contributed by atoms with van der Waals surface area (Å²) in [5, 5.41) is 11.5. The molecule has 1 aromatic carbocycles. The molecule has 136 valence electrons. The number of hydrogen-bond donors (Lipinski definition) is 1. The zero-order chi connectivity index (χ0) is 18.0. The molecule has 2 aliphatic rings. The average Bonchev–Trinajstić information content (AvgIpc) is 3.21. The predicted molar refractivity (Wildman–Crippen MR) is 100 cm³/mol. The van der Waals surface area contributed by atoms with Crippen LogP contribution in [-0.4, -0.2) is 28.5 Å².